The molecule has 0 aliphatic carbocycles. The van der Waals surface area contributed by atoms with Gasteiger partial charge in [0.15, 0.2) is 0 Å². The molecule has 0 spiro atoms. The fourth-order valence-corrected chi connectivity index (χ4v) is 1.20. The number of benzene rings is 1. The molecule has 0 heterocycles. The maximum absolute atomic E-state index is 11.2. The molecule has 1 rings (SSSR count). The Labute approximate surface area is 106 Å². The molecule has 0 radical (unpaired) electrons. The van der Waals surface area contributed by atoms with Crippen LogP contribution in [-0.4, -0.2) is 29.8 Å². The zero-order valence-electron chi connectivity index (χ0n) is 10.2. The summed E-state index contributed by atoms with van der Waals surface area (Å²) in [6.45, 7) is 2.15. The summed E-state index contributed by atoms with van der Waals surface area (Å²) < 4.78 is 4.81. The van der Waals surface area contributed by atoms with Gasteiger partial charge >= 0.3 is 12.1 Å². The SMILES string of the molecule is CCOC(=O)[C@@H](N)Cc1ccccc1.NC(=O)O. The molecule has 0 saturated heterocycles. The monoisotopic (exact) mass is 254 g/mol. The molecule has 0 unspecified atom stereocenters. The summed E-state index contributed by atoms with van der Waals surface area (Å²) in [5.74, 6) is -0.337. The fraction of sp³-hybridized carbons (Fsp3) is 0.333. The Morgan fingerprint density at radius 3 is 2.28 bits per heavy atom. The molecule has 18 heavy (non-hydrogen) atoms. The minimum absolute atomic E-state index is 0.337. The van der Waals surface area contributed by atoms with Gasteiger partial charge < -0.3 is 21.3 Å². The molecular formula is C12H18N2O4. The van der Waals surface area contributed by atoms with Crippen molar-refractivity contribution in [1.29, 1.82) is 0 Å². The Hall–Kier alpha value is -2.08. The molecule has 0 saturated carbocycles. The molecule has 1 aromatic rings. The van der Waals surface area contributed by atoms with Gasteiger partial charge in [-0.3, -0.25) is 4.79 Å². The van der Waals surface area contributed by atoms with Crippen molar-refractivity contribution in [3.8, 4) is 0 Å². The van der Waals surface area contributed by atoms with E-state index < -0.39 is 12.1 Å². The summed E-state index contributed by atoms with van der Waals surface area (Å²) in [4.78, 5) is 20.0. The first-order valence-electron chi connectivity index (χ1n) is 5.41. The Kier molecular flexibility index (Phi) is 7.96. The molecule has 0 aromatic heterocycles. The van der Waals surface area contributed by atoms with Gasteiger partial charge in [-0.1, -0.05) is 30.3 Å². The third-order valence-electron chi connectivity index (χ3n) is 1.89. The first-order chi connectivity index (χ1) is 8.47. The van der Waals surface area contributed by atoms with Crippen LogP contribution in [0.5, 0.6) is 0 Å². The lowest BCUT2D eigenvalue weighted by atomic mass is 10.1. The average Bonchev–Trinajstić information content (AvgIpc) is 2.30. The maximum Gasteiger partial charge on any atom is 0.402 e. The Morgan fingerprint density at radius 1 is 1.33 bits per heavy atom. The normalized spacial score (nSPS) is 10.8. The number of primary amides is 1. The third-order valence-corrected chi connectivity index (χ3v) is 1.89. The van der Waals surface area contributed by atoms with Crippen molar-refractivity contribution >= 4 is 12.1 Å². The predicted molar refractivity (Wildman–Crippen MR) is 67.0 cm³/mol. The van der Waals surface area contributed by atoms with Crippen LogP contribution in [0.4, 0.5) is 4.79 Å². The van der Waals surface area contributed by atoms with E-state index in [4.69, 9.17) is 20.4 Å². The predicted octanol–water partition coefficient (Wildman–Crippen LogP) is 0.743. The third kappa shape index (κ3) is 8.12. The highest BCUT2D eigenvalue weighted by Crippen LogP contribution is 2.02. The van der Waals surface area contributed by atoms with Gasteiger partial charge in [0.05, 0.1) is 6.61 Å². The summed E-state index contributed by atoms with van der Waals surface area (Å²) in [6.07, 6.45) is -0.806. The van der Waals surface area contributed by atoms with E-state index in [1.54, 1.807) is 6.92 Å². The maximum atomic E-state index is 11.2. The molecule has 0 fully saturated rings. The summed E-state index contributed by atoms with van der Waals surface area (Å²) in [5.41, 5.74) is 10.7. The number of hydrogen-bond donors (Lipinski definition) is 3. The second kappa shape index (κ2) is 9.00. The molecule has 6 heteroatoms. The number of ether oxygens (including phenoxy) is 1. The largest absolute Gasteiger partial charge is 0.465 e. The Morgan fingerprint density at radius 2 is 1.83 bits per heavy atom. The van der Waals surface area contributed by atoms with Gasteiger partial charge in [-0.2, -0.15) is 0 Å². The highest BCUT2D eigenvalue weighted by atomic mass is 16.5. The number of rotatable bonds is 4. The van der Waals surface area contributed by atoms with Crippen LogP contribution < -0.4 is 11.5 Å². The van der Waals surface area contributed by atoms with Gasteiger partial charge in [-0.05, 0) is 18.9 Å². The topological polar surface area (TPSA) is 116 Å². The van der Waals surface area contributed by atoms with Crippen molar-refractivity contribution in [1.82, 2.24) is 0 Å². The standard InChI is InChI=1S/C11H15NO2.CH3NO2/c1-2-14-11(13)10(12)8-9-6-4-3-5-7-9;2-1(3)4/h3-7,10H,2,8,12H2,1H3;2H2,(H,3,4)/t10-;/m0./s1. The van der Waals surface area contributed by atoms with Crippen LogP contribution in [0, 0.1) is 0 Å². The molecule has 1 aromatic carbocycles. The van der Waals surface area contributed by atoms with Gasteiger partial charge in [0.25, 0.3) is 0 Å². The molecule has 0 bridgehead atoms. The van der Waals surface area contributed by atoms with Gasteiger partial charge in [-0.15, -0.1) is 0 Å². The van der Waals surface area contributed by atoms with E-state index in [0.29, 0.717) is 13.0 Å². The highest BCUT2D eigenvalue weighted by molar-refractivity contribution is 5.75. The molecule has 100 valence electrons. The first kappa shape index (κ1) is 15.9. The Bertz CT molecular complexity index is 364. The van der Waals surface area contributed by atoms with Gasteiger partial charge in [0, 0.05) is 0 Å². The van der Waals surface area contributed by atoms with Crippen LogP contribution in [0.25, 0.3) is 0 Å². The summed E-state index contributed by atoms with van der Waals surface area (Å²) in [7, 11) is 0. The summed E-state index contributed by atoms with van der Waals surface area (Å²) >= 11 is 0. The Balaban J connectivity index is 0.000000631. The number of carboxylic acid groups (broad SMARTS) is 1. The molecule has 1 atom stereocenters. The number of carbonyl (C=O) groups excluding carboxylic acids is 1. The van der Waals surface area contributed by atoms with Crippen LogP contribution in [0.2, 0.25) is 0 Å². The van der Waals surface area contributed by atoms with Gasteiger partial charge in [0.2, 0.25) is 0 Å². The number of amides is 1. The number of nitrogens with two attached hydrogens (primary N) is 2. The van der Waals surface area contributed by atoms with E-state index in [9.17, 15) is 4.79 Å². The smallest absolute Gasteiger partial charge is 0.402 e. The molecule has 0 aliphatic rings. The number of esters is 1. The van der Waals surface area contributed by atoms with Crippen LogP contribution in [0.3, 0.4) is 0 Å². The van der Waals surface area contributed by atoms with E-state index in [1.165, 1.54) is 0 Å². The van der Waals surface area contributed by atoms with Crippen LogP contribution in [0.15, 0.2) is 30.3 Å². The van der Waals surface area contributed by atoms with E-state index in [0.717, 1.165) is 5.56 Å². The van der Waals surface area contributed by atoms with E-state index in [1.807, 2.05) is 30.3 Å². The minimum Gasteiger partial charge on any atom is -0.465 e. The molecule has 5 N–H and O–H groups in total. The van der Waals surface area contributed by atoms with Crippen LogP contribution in [0.1, 0.15) is 12.5 Å². The highest BCUT2D eigenvalue weighted by Gasteiger charge is 2.14. The van der Waals surface area contributed by atoms with Crippen molar-refractivity contribution in [2.24, 2.45) is 11.5 Å². The number of carbonyl (C=O) groups is 2. The van der Waals surface area contributed by atoms with Crippen molar-refractivity contribution in [3.05, 3.63) is 35.9 Å². The lowest BCUT2D eigenvalue weighted by molar-refractivity contribution is -0.144. The van der Waals surface area contributed by atoms with Crippen molar-refractivity contribution in [2.75, 3.05) is 6.61 Å². The zero-order valence-corrected chi connectivity index (χ0v) is 10.2. The zero-order chi connectivity index (χ0) is 14.0. The number of hydrogen-bond acceptors (Lipinski definition) is 4. The van der Waals surface area contributed by atoms with Crippen molar-refractivity contribution < 1.29 is 19.4 Å². The quantitative estimate of drug-likeness (QED) is 0.685. The van der Waals surface area contributed by atoms with Crippen molar-refractivity contribution in [3.63, 3.8) is 0 Å². The molecule has 1 amide bonds. The fourth-order valence-electron chi connectivity index (χ4n) is 1.20. The van der Waals surface area contributed by atoms with Gasteiger partial charge in [0.1, 0.15) is 6.04 Å². The second-order valence-electron chi connectivity index (χ2n) is 3.39. The minimum atomic E-state index is -1.33. The summed E-state index contributed by atoms with van der Waals surface area (Å²) in [6, 6.07) is 9.11. The molecule has 0 aliphatic heterocycles. The van der Waals surface area contributed by atoms with Crippen molar-refractivity contribution in [2.45, 2.75) is 19.4 Å². The second-order valence-corrected chi connectivity index (χ2v) is 3.39. The van der Waals surface area contributed by atoms with E-state index in [-0.39, 0.29) is 5.97 Å². The van der Waals surface area contributed by atoms with Crippen LogP contribution in [-0.2, 0) is 16.0 Å². The van der Waals surface area contributed by atoms with E-state index in [2.05, 4.69) is 5.73 Å². The lowest BCUT2D eigenvalue weighted by Gasteiger charge is -2.09. The lowest BCUT2D eigenvalue weighted by Crippen LogP contribution is -2.34. The van der Waals surface area contributed by atoms with E-state index >= 15 is 0 Å². The van der Waals surface area contributed by atoms with Crippen LogP contribution >= 0.6 is 0 Å². The average molecular weight is 254 g/mol. The first-order valence-corrected chi connectivity index (χ1v) is 5.41. The molecular weight excluding hydrogens is 236 g/mol. The molecule has 6 nitrogen and oxygen atoms in total. The summed E-state index contributed by atoms with van der Waals surface area (Å²) in [5, 5.41) is 7.19. The van der Waals surface area contributed by atoms with Gasteiger partial charge in [-0.25, -0.2) is 4.79 Å².